The van der Waals surface area contributed by atoms with Gasteiger partial charge in [0, 0.05) is 38.6 Å². The van der Waals surface area contributed by atoms with Crippen molar-refractivity contribution in [2.45, 2.75) is 52.1 Å². The maximum absolute atomic E-state index is 12.8. The first-order chi connectivity index (χ1) is 18.7. The standard InChI is InChI=1S/C25H26F3N9O2/c1-17-5-4-6-18(9-17)12-30-23(38)21-15-36(34-32-21)7-2-3-8-37-16-22(33-35-37)24(39)31-13-19-10-20(14-29-11-19)25(26,27)28/h4-6,9-11,14-16H,2-3,7-8,12-13H2,1H3,(H,30,38)(H,31,39). The smallest absolute Gasteiger partial charge is 0.347 e. The predicted octanol–water partition coefficient (Wildman–Crippen LogP) is 2.93. The normalized spacial score (nSPS) is 11.4. The van der Waals surface area contributed by atoms with Crippen molar-refractivity contribution in [3.8, 4) is 0 Å². The van der Waals surface area contributed by atoms with Crippen LogP contribution in [0.25, 0.3) is 0 Å². The summed E-state index contributed by atoms with van der Waals surface area (Å²) in [6.45, 7) is 3.27. The number of halogens is 3. The number of benzene rings is 1. The molecule has 11 nitrogen and oxygen atoms in total. The molecule has 3 aromatic heterocycles. The third-order valence-corrected chi connectivity index (χ3v) is 5.68. The summed E-state index contributed by atoms with van der Waals surface area (Å²) < 4.78 is 41.5. The number of amides is 2. The van der Waals surface area contributed by atoms with Gasteiger partial charge in [0.25, 0.3) is 11.8 Å². The number of carbonyl (C=O) groups is 2. The van der Waals surface area contributed by atoms with Gasteiger partial charge in [-0.15, -0.1) is 10.2 Å². The minimum atomic E-state index is -4.51. The number of aryl methyl sites for hydroxylation is 3. The Hall–Kier alpha value is -4.62. The molecule has 0 fully saturated rings. The number of alkyl halides is 3. The van der Waals surface area contributed by atoms with Crippen molar-refractivity contribution < 1.29 is 22.8 Å². The van der Waals surface area contributed by atoms with Crippen LogP contribution in [0.3, 0.4) is 0 Å². The zero-order chi connectivity index (χ0) is 27.8. The number of aromatic nitrogens is 7. The molecule has 0 spiro atoms. The van der Waals surface area contributed by atoms with E-state index in [9.17, 15) is 22.8 Å². The molecule has 3 heterocycles. The number of nitrogens with zero attached hydrogens (tertiary/aromatic N) is 7. The molecule has 0 bridgehead atoms. The van der Waals surface area contributed by atoms with Crippen LogP contribution in [-0.4, -0.2) is 46.8 Å². The highest BCUT2D eigenvalue weighted by Crippen LogP contribution is 2.28. The highest BCUT2D eigenvalue weighted by molar-refractivity contribution is 5.92. The van der Waals surface area contributed by atoms with Gasteiger partial charge in [0.05, 0.1) is 18.0 Å². The number of unbranched alkanes of at least 4 members (excludes halogenated alkanes) is 1. The Morgan fingerprint density at radius 2 is 1.44 bits per heavy atom. The lowest BCUT2D eigenvalue weighted by Gasteiger charge is -2.08. The van der Waals surface area contributed by atoms with E-state index in [0.717, 1.165) is 23.4 Å². The molecule has 4 rings (SSSR count). The van der Waals surface area contributed by atoms with Crippen LogP contribution >= 0.6 is 0 Å². The van der Waals surface area contributed by atoms with E-state index in [1.54, 1.807) is 10.9 Å². The fraction of sp³-hybridized carbons (Fsp3) is 0.320. The van der Waals surface area contributed by atoms with E-state index in [1.807, 2.05) is 31.2 Å². The van der Waals surface area contributed by atoms with E-state index in [0.29, 0.717) is 32.5 Å². The van der Waals surface area contributed by atoms with Gasteiger partial charge in [-0.3, -0.25) is 23.9 Å². The molecule has 4 aromatic rings. The van der Waals surface area contributed by atoms with Gasteiger partial charge in [-0.2, -0.15) is 13.2 Å². The van der Waals surface area contributed by atoms with Crippen molar-refractivity contribution in [1.29, 1.82) is 0 Å². The Kier molecular flexibility index (Phi) is 8.63. The van der Waals surface area contributed by atoms with E-state index in [4.69, 9.17) is 0 Å². The van der Waals surface area contributed by atoms with Crippen LogP contribution in [0.5, 0.6) is 0 Å². The molecule has 204 valence electrons. The largest absolute Gasteiger partial charge is 0.417 e. The molecule has 1 aromatic carbocycles. The quantitative estimate of drug-likeness (QED) is 0.279. The average molecular weight is 542 g/mol. The summed E-state index contributed by atoms with van der Waals surface area (Å²) in [5.41, 5.74) is 1.72. The SMILES string of the molecule is Cc1cccc(CNC(=O)c2cn(CCCCn3cc(C(=O)NCc4cncc(C(F)(F)F)c4)nn3)nn2)c1. The highest BCUT2D eigenvalue weighted by atomic mass is 19.4. The van der Waals surface area contributed by atoms with Crippen molar-refractivity contribution in [3.05, 3.63) is 88.8 Å². The predicted molar refractivity (Wildman–Crippen MR) is 132 cm³/mol. The molecular formula is C25H26F3N9O2. The maximum atomic E-state index is 12.8. The molecule has 2 N–H and O–H groups in total. The maximum Gasteiger partial charge on any atom is 0.417 e. The summed E-state index contributed by atoms with van der Waals surface area (Å²) in [4.78, 5) is 28.2. The van der Waals surface area contributed by atoms with Crippen LogP contribution in [0.1, 0.15) is 56.1 Å². The summed E-state index contributed by atoms with van der Waals surface area (Å²) in [5, 5.41) is 21.0. The summed E-state index contributed by atoms with van der Waals surface area (Å²) in [7, 11) is 0. The number of hydrogen-bond donors (Lipinski definition) is 2. The minimum Gasteiger partial charge on any atom is -0.347 e. The average Bonchev–Trinajstić information content (AvgIpc) is 3.58. The molecular weight excluding hydrogens is 515 g/mol. The van der Waals surface area contributed by atoms with E-state index in [2.05, 4.69) is 36.2 Å². The van der Waals surface area contributed by atoms with Crippen molar-refractivity contribution in [1.82, 2.24) is 45.6 Å². The minimum absolute atomic E-state index is 0.0486. The number of carbonyl (C=O) groups excluding carboxylic acids is 2. The molecule has 0 aliphatic rings. The Morgan fingerprint density at radius 1 is 0.846 bits per heavy atom. The van der Waals surface area contributed by atoms with Gasteiger partial charge in [-0.05, 0) is 37.0 Å². The van der Waals surface area contributed by atoms with Crippen LogP contribution in [0, 0.1) is 6.92 Å². The molecule has 2 amide bonds. The summed E-state index contributed by atoms with van der Waals surface area (Å²) >= 11 is 0. The molecule has 0 saturated carbocycles. The van der Waals surface area contributed by atoms with E-state index in [1.165, 1.54) is 17.1 Å². The zero-order valence-corrected chi connectivity index (χ0v) is 21.0. The second-order valence-electron chi connectivity index (χ2n) is 8.87. The third-order valence-electron chi connectivity index (χ3n) is 5.68. The van der Waals surface area contributed by atoms with E-state index < -0.39 is 17.6 Å². The molecule has 39 heavy (non-hydrogen) atoms. The monoisotopic (exact) mass is 541 g/mol. The zero-order valence-electron chi connectivity index (χ0n) is 21.0. The van der Waals surface area contributed by atoms with Crippen molar-refractivity contribution in [2.75, 3.05) is 0 Å². The van der Waals surface area contributed by atoms with Crippen molar-refractivity contribution >= 4 is 11.8 Å². The Balaban J connectivity index is 1.17. The molecule has 0 atom stereocenters. The van der Waals surface area contributed by atoms with Gasteiger partial charge in [0.2, 0.25) is 0 Å². The van der Waals surface area contributed by atoms with Crippen LogP contribution < -0.4 is 10.6 Å². The van der Waals surface area contributed by atoms with Crippen molar-refractivity contribution in [3.63, 3.8) is 0 Å². The first-order valence-corrected chi connectivity index (χ1v) is 12.1. The number of rotatable bonds is 11. The van der Waals surface area contributed by atoms with Gasteiger partial charge in [0.15, 0.2) is 11.4 Å². The van der Waals surface area contributed by atoms with E-state index >= 15 is 0 Å². The summed E-state index contributed by atoms with van der Waals surface area (Å²) in [5.74, 6) is -0.866. The lowest BCUT2D eigenvalue weighted by atomic mass is 10.1. The molecule has 0 aliphatic carbocycles. The molecule has 0 unspecified atom stereocenters. The number of nitrogens with one attached hydrogen (secondary N) is 2. The Labute approximate surface area is 221 Å². The lowest BCUT2D eigenvalue weighted by molar-refractivity contribution is -0.137. The van der Waals surface area contributed by atoms with Gasteiger partial charge in [-0.25, -0.2) is 0 Å². The Bertz CT molecular complexity index is 1430. The van der Waals surface area contributed by atoms with Gasteiger partial charge in [0.1, 0.15) is 0 Å². The molecule has 0 aliphatic heterocycles. The van der Waals surface area contributed by atoms with Crippen LogP contribution in [0.2, 0.25) is 0 Å². The van der Waals surface area contributed by atoms with Gasteiger partial charge < -0.3 is 10.6 Å². The van der Waals surface area contributed by atoms with Crippen LogP contribution in [-0.2, 0) is 32.4 Å². The molecule has 0 saturated heterocycles. The third kappa shape index (κ3) is 7.93. The highest BCUT2D eigenvalue weighted by Gasteiger charge is 2.31. The second kappa shape index (κ2) is 12.3. The molecule has 14 heteroatoms. The first-order valence-electron chi connectivity index (χ1n) is 12.1. The summed E-state index contributed by atoms with van der Waals surface area (Å²) in [6.07, 6.45) is 1.91. The lowest BCUT2D eigenvalue weighted by Crippen LogP contribution is -2.23. The number of hydrogen-bond acceptors (Lipinski definition) is 7. The van der Waals surface area contributed by atoms with Crippen LogP contribution in [0.15, 0.2) is 55.1 Å². The summed E-state index contributed by atoms with van der Waals surface area (Å²) in [6, 6.07) is 8.79. The first kappa shape index (κ1) is 27.4. The second-order valence-corrected chi connectivity index (χ2v) is 8.87. The van der Waals surface area contributed by atoms with Gasteiger partial charge >= 0.3 is 6.18 Å². The van der Waals surface area contributed by atoms with E-state index in [-0.39, 0.29) is 29.4 Å². The number of pyridine rings is 1. The van der Waals surface area contributed by atoms with Crippen molar-refractivity contribution in [2.24, 2.45) is 0 Å². The fourth-order valence-corrected chi connectivity index (χ4v) is 3.68. The Morgan fingerprint density at radius 3 is 2.00 bits per heavy atom. The molecule has 0 radical (unpaired) electrons. The topological polar surface area (TPSA) is 133 Å². The van der Waals surface area contributed by atoms with Gasteiger partial charge in [-0.1, -0.05) is 40.3 Å². The van der Waals surface area contributed by atoms with Crippen LogP contribution in [0.4, 0.5) is 13.2 Å². The fourth-order valence-electron chi connectivity index (χ4n) is 3.68.